The molecule has 0 aliphatic carbocycles. The van der Waals surface area contributed by atoms with Crippen molar-refractivity contribution in [2.75, 3.05) is 45.1 Å². The molecule has 1 unspecified atom stereocenters. The number of carbonyl (C=O) groups is 2. The van der Waals surface area contributed by atoms with Crippen LogP contribution in [0.3, 0.4) is 0 Å². The number of piperidine rings is 1. The van der Waals surface area contributed by atoms with Gasteiger partial charge in [-0.3, -0.25) is 9.59 Å². The van der Waals surface area contributed by atoms with Crippen molar-refractivity contribution in [3.05, 3.63) is 29.3 Å². The fourth-order valence-electron chi connectivity index (χ4n) is 3.49. The second kappa shape index (κ2) is 9.69. The third-order valence-corrected chi connectivity index (χ3v) is 5.36. The molecule has 6 nitrogen and oxygen atoms in total. The molecule has 26 heavy (non-hydrogen) atoms. The lowest BCUT2D eigenvalue weighted by Gasteiger charge is -2.29. The van der Waals surface area contributed by atoms with Crippen LogP contribution in [0.25, 0.3) is 0 Å². The number of hydrogen-bond acceptors (Lipinski definition) is 2. The fourth-order valence-corrected chi connectivity index (χ4v) is 3.49. The Morgan fingerprint density at radius 3 is 2.46 bits per heavy atom. The Labute approximate surface area is 156 Å². The van der Waals surface area contributed by atoms with Gasteiger partial charge in [0.25, 0.3) is 11.8 Å². The largest absolute Gasteiger partial charge is 0.348 e. The first-order valence-corrected chi connectivity index (χ1v) is 9.69. The van der Waals surface area contributed by atoms with Crippen molar-refractivity contribution >= 4 is 17.5 Å². The van der Waals surface area contributed by atoms with Gasteiger partial charge in [-0.2, -0.15) is 0 Å². The second-order valence-electron chi connectivity index (χ2n) is 7.55. The van der Waals surface area contributed by atoms with E-state index in [4.69, 9.17) is 0 Å². The van der Waals surface area contributed by atoms with Crippen LogP contribution in [0.15, 0.2) is 18.2 Å². The zero-order valence-electron chi connectivity index (χ0n) is 16.6. The monoisotopic (exact) mass is 362 g/mol. The molecule has 144 valence electrons. The van der Waals surface area contributed by atoms with Crippen LogP contribution >= 0.6 is 0 Å². The van der Waals surface area contributed by atoms with Crippen LogP contribution in [0.1, 0.15) is 30.9 Å². The standard InChI is InChI=1S/C20H32N4O2/c1-5-24-11-9-17(10-12-24)21-19(25)13-23(4)14-20(26)22-18-8-6-7-15(2)16(18)3/h6-8,17H,5,9-14H2,1-4H3,(H,21,25)(H,22,26)/p+2. The van der Waals surface area contributed by atoms with Crippen LogP contribution in [-0.2, 0) is 9.59 Å². The van der Waals surface area contributed by atoms with E-state index in [0.29, 0.717) is 6.54 Å². The average molecular weight is 363 g/mol. The zero-order valence-corrected chi connectivity index (χ0v) is 16.6. The molecule has 1 heterocycles. The summed E-state index contributed by atoms with van der Waals surface area (Å²) < 4.78 is 0. The van der Waals surface area contributed by atoms with Crippen LogP contribution in [0.2, 0.25) is 0 Å². The minimum absolute atomic E-state index is 0.0342. The van der Waals surface area contributed by atoms with Gasteiger partial charge in [0, 0.05) is 24.6 Å². The van der Waals surface area contributed by atoms with Crippen molar-refractivity contribution in [2.45, 2.75) is 39.7 Å². The van der Waals surface area contributed by atoms with E-state index in [1.807, 2.05) is 39.1 Å². The van der Waals surface area contributed by atoms with E-state index in [0.717, 1.165) is 54.2 Å². The van der Waals surface area contributed by atoms with E-state index in [2.05, 4.69) is 17.6 Å². The number of amides is 2. The summed E-state index contributed by atoms with van der Waals surface area (Å²) in [6.07, 6.45) is 2.09. The average Bonchev–Trinajstić information content (AvgIpc) is 2.59. The molecule has 0 saturated carbocycles. The molecule has 0 bridgehead atoms. The van der Waals surface area contributed by atoms with Crippen LogP contribution < -0.4 is 20.4 Å². The molecule has 2 amide bonds. The van der Waals surface area contributed by atoms with Gasteiger partial charge in [-0.25, -0.2) is 0 Å². The van der Waals surface area contributed by atoms with Crippen molar-refractivity contribution in [3.8, 4) is 0 Å². The van der Waals surface area contributed by atoms with Crippen molar-refractivity contribution in [1.82, 2.24) is 5.32 Å². The summed E-state index contributed by atoms with van der Waals surface area (Å²) in [7, 11) is 1.88. The molecular weight excluding hydrogens is 328 g/mol. The summed E-state index contributed by atoms with van der Waals surface area (Å²) in [4.78, 5) is 27.0. The molecular formula is C20H34N4O2+2. The van der Waals surface area contributed by atoms with Crippen LogP contribution in [0.4, 0.5) is 5.69 Å². The number of rotatable bonds is 7. The Morgan fingerprint density at radius 1 is 1.15 bits per heavy atom. The van der Waals surface area contributed by atoms with Gasteiger partial charge < -0.3 is 20.4 Å². The van der Waals surface area contributed by atoms with E-state index >= 15 is 0 Å². The van der Waals surface area contributed by atoms with E-state index in [9.17, 15) is 9.59 Å². The number of quaternary nitrogens is 2. The summed E-state index contributed by atoms with van der Waals surface area (Å²) in [5.74, 6) is -0.0316. The highest BCUT2D eigenvalue weighted by molar-refractivity contribution is 5.92. The molecule has 1 aliphatic heterocycles. The summed E-state index contributed by atoms with van der Waals surface area (Å²) in [6, 6.07) is 6.16. The molecule has 0 aromatic heterocycles. The lowest BCUT2D eigenvalue weighted by Crippen LogP contribution is -3.13. The van der Waals surface area contributed by atoms with Crippen molar-refractivity contribution in [2.24, 2.45) is 0 Å². The number of carbonyl (C=O) groups excluding carboxylic acids is 2. The van der Waals surface area contributed by atoms with E-state index in [1.54, 1.807) is 4.90 Å². The van der Waals surface area contributed by atoms with Gasteiger partial charge in [-0.15, -0.1) is 0 Å². The van der Waals surface area contributed by atoms with E-state index in [1.165, 1.54) is 0 Å². The SMILES string of the molecule is CC[NH+]1CCC(NC(=O)C[NH+](C)CC(=O)Nc2cccc(C)c2C)CC1. The molecule has 1 aliphatic rings. The molecule has 0 spiro atoms. The van der Waals surface area contributed by atoms with Gasteiger partial charge >= 0.3 is 0 Å². The minimum atomic E-state index is -0.0659. The highest BCUT2D eigenvalue weighted by Crippen LogP contribution is 2.17. The smallest absolute Gasteiger partial charge is 0.279 e. The Hall–Kier alpha value is -1.92. The van der Waals surface area contributed by atoms with Crippen LogP contribution in [0, 0.1) is 13.8 Å². The zero-order chi connectivity index (χ0) is 19.1. The lowest BCUT2D eigenvalue weighted by atomic mass is 10.1. The van der Waals surface area contributed by atoms with Gasteiger partial charge in [-0.1, -0.05) is 12.1 Å². The van der Waals surface area contributed by atoms with E-state index < -0.39 is 0 Å². The normalized spacial score (nSPS) is 21.1. The van der Waals surface area contributed by atoms with Crippen molar-refractivity contribution in [3.63, 3.8) is 0 Å². The van der Waals surface area contributed by atoms with Crippen molar-refractivity contribution in [1.29, 1.82) is 0 Å². The topological polar surface area (TPSA) is 67.1 Å². The maximum atomic E-state index is 12.3. The molecule has 1 aromatic carbocycles. The van der Waals surface area contributed by atoms with Gasteiger partial charge in [0.1, 0.15) is 0 Å². The predicted octanol–water partition coefficient (Wildman–Crippen LogP) is -1.06. The molecule has 1 atom stereocenters. The Morgan fingerprint density at radius 2 is 1.81 bits per heavy atom. The number of hydrogen-bond donors (Lipinski definition) is 4. The molecule has 1 aromatic rings. The fraction of sp³-hybridized carbons (Fsp3) is 0.600. The molecule has 2 rings (SSSR count). The first kappa shape index (κ1) is 20.4. The third kappa shape index (κ3) is 6.11. The third-order valence-electron chi connectivity index (χ3n) is 5.36. The van der Waals surface area contributed by atoms with Gasteiger partial charge in [-0.05, 0) is 38.0 Å². The number of likely N-dealkylation sites (N-methyl/N-ethyl adjacent to an activating group) is 1. The van der Waals surface area contributed by atoms with Crippen LogP contribution in [0.5, 0.6) is 0 Å². The lowest BCUT2D eigenvalue weighted by molar-refractivity contribution is -0.903. The van der Waals surface area contributed by atoms with E-state index in [-0.39, 0.29) is 24.4 Å². The molecule has 6 heteroatoms. The maximum Gasteiger partial charge on any atom is 0.279 e. The highest BCUT2D eigenvalue weighted by atomic mass is 16.2. The molecule has 1 fully saturated rings. The Balaban J connectivity index is 1.73. The summed E-state index contributed by atoms with van der Waals surface area (Å²) in [6.45, 7) is 10.2. The number of aryl methyl sites for hydroxylation is 1. The molecule has 4 N–H and O–H groups in total. The Kier molecular flexibility index (Phi) is 7.60. The van der Waals surface area contributed by atoms with Crippen LogP contribution in [-0.4, -0.2) is 57.6 Å². The van der Waals surface area contributed by atoms with Crippen molar-refractivity contribution < 1.29 is 19.4 Å². The number of anilines is 1. The molecule has 0 radical (unpaired) electrons. The second-order valence-corrected chi connectivity index (χ2v) is 7.55. The van der Waals surface area contributed by atoms with Gasteiger partial charge in [0.2, 0.25) is 0 Å². The first-order valence-electron chi connectivity index (χ1n) is 9.69. The Bertz CT molecular complexity index is 624. The van der Waals surface area contributed by atoms with Gasteiger partial charge in [0.05, 0.1) is 26.7 Å². The predicted molar refractivity (Wildman–Crippen MR) is 104 cm³/mol. The quantitative estimate of drug-likeness (QED) is 0.500. The highest BCUT2D eigenvalue weighted by Gasteiger charge is 2.23. The minimum Gasteiger partial charge on any atom is -0.348 e. The summed E-state index contributed by atoms with van der Waals surface area (Å²) >= 11 is 0. The summed E-state index contributed by atoms with van der Waals surface area (Å²) in [5.41, 5.74) is 3.08. The molecule has 1 saturated heterocycles. The maximum absolute atomic E-state index is 12.3. The number of benzene rings is 1. The first-order chi connectivity index (χ1) is 12.4. The van der Waals surface area contributed by atoms with Gasteiger partial charge in [0.15, 0.2) is 13.1 Å². The summed E-state index contributed by atoms with van der Waals surface area (Å²) in [5, 5.41) is 6.08. The number of likely N-dealkylation sites (tertiary alicyclic amines) is 1. The number of nitrogens with one attached hydrogen (secondary N) is 4.